The highest BCUT2D eigenvalue weighted by atomic mass is 35.5. The Hall–Kier alpha value is -2.93. The molecule has 0 saturated heterocycles. The first-order chi connectivity index (χ1) is 17.0. The lowest BCUT2D eigenvalue weighted by Gasteiger charge is -2.24. The summed E-state index contributed by atoms with van der Waals surface area (Å²) in [7, 11) is 0. The Morgan fingerprint density at radius 2 is 1.25 bits per heavy atom. The van der Waals surface area contributed by atoms with E-state index in [4.69, 9.17) is 14.6 Å². The van der Waals surface area contributed by atoms with Crippen molar-refractivity contribution < 1.29 is 13.9 Å². The number of benzene rings is 2. The van der Waals surface area contributed by atoms with Crippen LogP contribution in [0, 0.1) is 0 Å². The third-order valence-corrected chi connectivity index (χ3v) is 7.79. The second-order valence-corrected chi connectivity index (χ2v) is 9.93. The molecule has 0 fully saturated rings. The molecule has 7 heteroatoms. The molecular formula is C29H30ClNO5. The Balaban J connectivity index is 0.00000267. The van der Waals surface area contributed by atoms with E-state index in [0.717, 1.165) is 83.5 Å². The lowest BCUT2D eigenvalue weighted by molar-refractivity contribution is 0.147. The van der Waals surface area contributed by atoms with Gasteiger partial charge in [-0.15, -0.1) is 12.4 Å². The zero-order valence-electron chi connectivity index (χ0n) is 20.0. The quantitative estimate of drug-likeness (QED) is 0.388. The van der Waals surface area contributed by atoms with E-state index in [1.807, 2.05) is 24.3 Å². The van der Waals surface area contributed by atoms with Crippen LogP contribution in [-0.2, 0) is 32.1 Å². The van der Waals surface area contributed by atoms with Gasteiger partial charge in [0.2, 0.25) is 0 Å². The topological polar surface area (TPSA) is 107 Å². The van der Waals surface area contributed by atoms with Crippen LogP contribution in [0.5, 0.6) is 0 Å². The van der Waals surface area contributed by atoms with E-state index in [1.54, 1.807) is 12.1 Å². The Bertz CT molecular complexity index is 1570. The lowest BCUT2D eigenvalue weighted by Crippen LogP contribution is -2.31. The van der Waals surface area contributed by atoms with Crippen LogP contribution < -0.4 is 17.0 Å². The second kappa shape index (κ2) is 9.85. The van der Waals surface area contributed by atoms with Crippen LogP contribution in [0.15, 0.2) is 54.8 Å². The average molecular weight is 508 g/mol. The molecule has 4 aromatic rings. The minimum atomic E-state index is -0.945. The molecule has 2 aliphatic rings. The standard InChI is InChI=1S/C29H29NO5.ClH/c30-22(15-16-7-5-13-23-25(16)17-8-1-3-10-19(17)28(32)34-23)27(31)21-12-6-14-24-26(21)18-9-2-4-11-20(18)29(33)35-24;/h5-7,12-14,22,27,31H,1-4,8-11,15,30H2;1H. The Morgan fingerprint density at radius 3 is 1.86 bits per heavy atom. The maximum atomic E-state index is 12.5. The van der Waals surface area contributed by atoms with Crippen molar-refractivity contribution in [3.05, 3.63) is 90.6 Å². The predicted molar refractivity (Wildman–Crippen MR) is 142 cm³/mol. The number of aryl methyl sites for hydroxylation is 2. The predicted octanol–water partition coefficient (Wildman–Crippen LogP) is 4.68. The summed E-state index contributed by atoms with van der Waals surface area (Å²) in [4.78, 5) is 25.0. The normalized spacial score (nSPS) is 16.7. The van der Waals surface area contributed by atoms with Crippen LogP contribution in [0.1, 0.15) is 65.2 Å². The summed E-state index contributed by atoms with van der Waals surface area (Å²) in [6.45, 7) is 0. The van der Waals surface area contributed by atoms with E-state index >= 15 is 0 Å². The van der Waals surface area contributed by atoms with E-state index < -0.39 is 12.1 Å². The van der Waals surface area contributed by atoms with Gasteiger partial charge in [0.05, 0.1) is 6.10 Å². The highest BCUT2D eigenvalue weighted by Crippen LogP contribution is 2.35. The Kier molecular flexibility index (Phi) is 6.77. The minimum Gasteiger partial charge on any atom is -0.423 e. The zero-order chi connectivity index (χ0) is 24.1. The van der Waals surface area contributed by atoms with Crippen LogP contribution in [0.3, 0.4) is 0 Å². The molecule has 0 spiro atoms. The summed E-state index contributed by atoms with van der Waals surface area (Å²) < 4.78 is 11.3. The van der Waals surface area contributed by atoms with Crippen molar-refractivity contribution in [3.63, 3.8) is 0 Å². The van der Waals surface area contributed by atoms with Gasteiger partial charge in [-0.2, -0.15) is 0 Å². The largest absolute Gasteiger partial charge is 0.423 e. The highest BCUT2D eigenvalue weighted by Gasteiger charge is 2.27. The first-order valence-corrected chi connectivity index (χ1v) is 12.6. The molecule has 3 N–H and O–H groups in total. The van der Waals surface area contributed by atoms with Crippen molar-refractivity contribution in [2.24, 2.45) is 5.73 Å². The fourth-order valence-corrected chi connectivity index (χ4v) is 6.11. The maximum Gasteiger partial charge on any atom is 0.339 e. The first kappa shape index (κ1) is 24.8. The highest BCUT2D eigenvalue weighted by molar-refractivity contribution is 5.87. The molecule has 6 nitrogen and oxygen atoms in total. The number of nitrogens with two attached hydrogens (primary N) is 1. The van der Waals surface area contributed by atoms with Gasteiger partial charge in [0.15, 0.2) is 0 Å². The van der Waals surface area contributed by atoms with Crippen LogP contribution in [-0.4, -0.2) is 11.1 Å². The van der Waals surface area contributed by atoms with Gasteiger partial charge in [-0.1, -0.05) is 24.3 Å². The van der Waals surface area contributed by atoms with Gasteiger partial charge < -0.3 is 19.7 Å². The van der Waals surface area contributed by atoms with Crippen molar-refractivity contribution in [3.8, 4) is 0 Å². The number of aliphatic hydroxyl groups is 1. The summed E-state index contributed by atoms with van der Waals surface area (Å²) in [5, 5.41) is 13.2. The van der Waals surface area contributed by atoms with E-state index in [-0.39, 0.29) is 23.7 Å². The van der Waals surface area contributed by atoms with Crippen molar-refractivity contribution >= 4 is 34.3 Å². The number of hydrogen-bond acceptors (Lipinski definition) is 6. The Labute approximate surface area is 214 Å². The van der Waals surface area contributed by atoms with Gasteiger partial charge in [0, 0.05) is 27.9 Å². The SMILES string of the molecule is Cl.NC(Cc1cccc2oc(=O)c3c(c12)CCCC3)C(O)c1cccc2oc(=O)c3c(c12)CCCC3. The van der Waals surface area contributed by atoms with E-state index in [1.165, 1.54) is 0 Å². The molecule has 0 radical (unpaired) electrons. The minimum absolute atomic E-state index is 0. The molecule has 2 atom stereocenters. The molecule has 6 rings (SSSR count). The summed E-state index contributed by atoms with van der Waals surface area (Å²) in [6.07, 6.45) is 6.58. The fourth-order valence-electron chi connectivity index (χ4n) is 6.11. The third-order valence-electron chi connectivity index (χ3n) is 7.79. The number of rotatable bonds is 4. The number of halogens is 1. The van der Waals surface area contributed by atoms with Crippen molar-refractivity contribution in [2.45, 2.75) is 69.9 Å². The van der Waals surface area contributed by atoms with E-state index in [9.17, 15) is 14.7 Å². The average Bonchev–Trinajstić information content (AvgIpc) is 2.88. The van der Waals surface area contributed by atoms with Gasteiger partial charge in [-0.3, -0.25) is 0 Å². The van der Waals surface area contributed by atoms with Crippen LogP contribution >= 0.6 is 12.4 Å². The molecule has 0 saturated carbocycles. The van der Waals surface area contributed by atoms with Crippen LogP contribution in [0.25, 0.3) is 21.9 Å². The molecule has 2 aromatic carbocycles. The molecule has 2 aromatic heterocycles. The lowest BCUT2D eigenvalue weighted by atomic mass is 9.85. The van der Waals surface area contributed by atoms with Gasteiger partial charge >= 0.3 is 11.3 Å². The fraction of sp³-hybridized carbons (Fsp3) is 0.379. The van der Waals surface area contributed by atoms with Crippen LogP contribution in [0.2, 0.25) is 0 Å². The van der Waals surface area contributed by atoms with Crippen LogP contribution in [0.4, 0.5) is 0 Å². The van der Waals surface area contributed by atoms with Gasteiger partial charge in [0.1, 0.15) is 11.2 Å². The molecule has 2 aliphatic carbocycles. The molecular weight excluding hydrogens is 478 g/mol. The summed E-state index contributed by atoms with van der Waals surface area (Å²) in [5.41, 5.74) is 12.5. The number of aliphatic hydroxyl groups excluding tert-OH is 1. The van der Waals surface area contributed by atoms with Gasteiger partial charge in [-0.05, 0) is 92.2 Å². The number of fused-ring (bicyclic) bond motifs is 6. The molecule has 0 bridgehead atoms. The molecule has 36 heavy (non-hydrogen) atoms. The first-order valence-electron chi connectivity index (χ1n) is 12.6. The van der Waals surface area contributed by atoms with E-state index in [0.29, 0.717) is 29.6 Å². The zero-order valence-corrected chi connectivity index (χ0v) is 20.9. The Morgan fingerprint density at radius 1 is 0.750 bits per heavy atom. The number of hydrogen-bond donors (Lipinski definition) is 2. The van der Waals surface area contributed by atoms with Gasteiger partial charge in [0.25, 0.3) is 0 Å². The summed E-state index contributed by atoms with van der Waals surface area (Å²) in [6, 6.07) is 10.6. The smallest absolute Gasteiger partial charge is 0.339 e. The molecule has 2 heterocycles. The summed E-state index contributed by atoms with van der Waals surface area (Å²) in [5.74, 6) is 0. The van der Waals surface area contributed by atoms with Crippen molar-refractivity contribution in [1.82, 2.24) is 0 Å². The third kappa shape index (κ3) is 4.07. The second-order valence-electron chi connectivity index (χ2n) is 9.93. The summed E-state index contributed by atoms with van der Waals surface area (Å²) >= 11 is 0. The molecule has 0 aliphatic heterocycles. The maximum absolute atomic E-state index is 12.5. The van der Waals surface area contributed by atoms with Crippen molar-refractivity contribution in [1.29, 1.82) is 0 Å². The molecule has 188 valence electrons. The molecule has 2 unspecified atom stereocenters. The monoisotopic (exact) mass is 507 g/mol. The van der Waals surface area contributed by atoms with Crippen molar-refractivity contribution in [2.75, 3.05) is 0 Å². The molecule has 0 amide bonds. The van der Waals surface area contributed by atoms with Gasteiger partial charge in [-0.25, -0.2) is 9.59 Å². The van der Waals surface area contributed by atoms with E-state index in [2.05, 4.69) is 0 Å².